The van der Waals surface area contributed by atoms with Gasteiger partial charge in [-0.3, -0.25) is 0 Å². The van der Waals surface area contributed by atoms with E-state index in [0.29, 0.717) is 11.8 Å². The van der Waals surface area contributed by atoms with Gasteiger partial charge >= 0.3 is 0 Å². The number of nitrogens with one attached hydrogen (secondary N) is 1. The van der Waals surface area contributed by atoms with Crippen molar-refractivity contribution in [2.45, 2.75) is 25.9 Å². The Labute approximate surface area is 97.2 Å². The summed E-state index contributed by atoms with van der Waals surface area (Å²) in [6.45, 7) is 8.20. The summed E-state index contributed by atoms with van der Waals surface area (Å²) >= 11 is 0. The van der Waals surface area contributed by atoms with Crippen molar-refractivity contribution in [2.75, 3.05) is 13.1 Å². The zero-order valence-corrected chi connectivity index (χ0v) is 9.78. The molecule has 3 heteroatoms. The van der Waals surface area contributed by atoms with E-state index < -0.39 is 0 Å². The van der Waals surface area contributed by atoms with Crippen molar-refractivity contribution in [1.29, 1.82) is 0 Å². The molecule has 0 saturated carbocycles. The number of rotatable bonds is 3. The van der Waals surface area contributed by atoms with E-state index >= 15 is 0 Å². The molecular formula is C13H19N2O. The van der Waals surface area contributed by atoms with Gasteiger partial charge in [-0.2, -0.15) is 0 Å². The largest absolute Gasteiger partial charge is 0.474 e. The monoisotopic (exact) mass is 219 g/mol. The van der Waals surface area contributed by atoms with Crippen LogP contribution in [0.15, 0.2) is 18.3 Å². The average Bonchev–Trinajstić information content (AvgIpc) is 2.30. The molecule has 0 bridgehead atoms. The van der Waals surface area contributed by atoms with Crippen molar-refractivity contribution in [1.82, 2.24) is 10.3 Å². The highest BCUT2D eigenvalue weighted by Crippen LogP contribution is 2.20. The summed E-state index contributed by atoms with van der Waals surface area (Å²) in [7, 11) is 0. The molecule has 0 aromatic carbocycles. The Hall–Kier alpha value is -1.09. The van der Waals surface area contributed by atoms with Crippen molar-refractivity contribution >= 4 is 0 Å². The number of hydrogen-bond acceptors (Lipinski definition) is 3. The maximum absolute atomic E-state index is 5.86. The minimum Gasteiger partial charge on any atom is -0.474 e. The third kappa shape index (κ3) is 2.95. The summed E-state index contributed by atoms with van der Waals surface area (Å²) in [6, 6.07) is 3.76. The van der Waals surface area contributed by atoms with Gasteiger partial charge in [-0.1, -0.05) is 0 Å². The molecule has 1 aliphatic heterocycles. The second-order valence-corrected chi connectivity index (χ2v) is 4.41. The molecule has 1 radical (unpaired) electrons. The fourth-order valence-electron chi connectivity index (χ4n) is 2.12. The van der Waals surface area contributed by atoms with Crippen LogP contribution in [0.1, 0.15) is 25.3 Å². The summed E-state index contributed by atoms with van der Waals surface area (Å²) in [5.41, 5.74) is 0.947. The predicted molar refractivity (Wildman–Crippen MR) is 64.4 cm³/mol. The molecule has 1 aliphatic rings. The van der Waals surface area contributed by atoms with Crippen molar-refractivity contribution in [3.63, 3.8) is 0 Å². The van der Waals surface area contributed by atoms with E-state index in [4.69, 9.17) is 4.74 Å². The second-order valence-electron chi connectivity index (χ2n) is 4.41. The maximum Gasteiger partial charge on any atom is 0.213 e. The molecule has 1 aromatic heterocycles. The Balaban J connectivity index is 1.93. The Bertz CT molecular complexity index is 334. The number of hydrogen-bond donors (Lipinski definition) is 1. The molecule has 1 saturated heterocycles. The van der Waals surface area contributed by atoms with Gasteiger partial charge in [0.15, 0.2) is 0 Å². The van der Waals surface area contributed by atoms with Gasteiger partial charge in [-0.05, 0) is 57.3 Å². The topological polar surface area (TPSA) is 34.1 Å². The highest BCUT2D eigenvalue weighted by atomic mass is 16.5. The lowest BCUT2D eigenvalue weighted by molar-refractivity contribution is 0.123. The van der Waals surface area contributed by atoms with Crippen LogP contribution >= 0.6 is 0 Å². The van der Waals surface area contributed by atoms with Gasteiger partial charge < -0.3 is 10.1 Å². The minimum atomic E-state index is 0.233. The van der Waals surface area contributed by atoms with Gasteiger partial charge in [0.05, 0.1) is 0 Å². The fourth-order valence-corrected chi connectivity index (χ4v) is 2.12. The Kier molecular flexibility index (Phi) is 3.78. The lowest BCUT2D eigenvalue weighted by Crippen LogP contribution is -2.35. The smallest absolute Gasteiger partial charge is 0.213 e. The van der Waals surface area contributed by atoms with Crippen LogP contribution in [0.4, 0.5) is 0 Å². The van der Waals surface area contributed by atoms with E-state index in [2.05, 4.69) is 24.1 Å². The van der Waals surface area contributed by atoms with Crippen LogP contribution in [-0.4, -0.2) is 24.2 Å². The predicted octanol–water partition coefficient (Wildman–Crippen LogP) is 2.03. The van der Waals surface area contributed by atoms with Crippen LogP contribution in [0.3, 0.4) is 0 Å². The quantitative estimate of drug-likeness (QED) is 0.844. The molecule has 2 rings (SSSR count). The van der Waals surface area contributed by atoms with Crippen molar-refractivity contribution < 1.29 is 4.74 Å². The Morgan fingerprint density at radius 1 is 1.50 bits per heavy atom. The van der Waals surface area contributed by atoms with Crippen molar-refractivity contribution in [3.8, 4) is 5.88 Å². The number of piperidine rings is 1. The van der Waals surface area contributed by atoms with Crippen LogP contribution in [0.2, 0.25) is 0 Å². The first kappa shape index (κ1) is 11.4. The highest BCUT2D eigenvalue weighted by molar-refractivity contribution is 5.22. The SMILES string of the molecule is [CH2]c1ccnc(OC(C)C2CCNCC2)c1. The standard InChI is InChI=1S/C13H19N2O/c1-10-3-8-15-13(9-10)16-11(2)12-4-6-14-7-5-12/h3,8-9,11-12,14H,1,4-7H2,2H3. The molecule has 3 nitrogen and oxygen atoms in total. The van der Waals surface area contributed by atoms with Gasteiger partial charge in [0.2, 0.25) is 5.88 Å². The summed E-state index contributed by atoms with van der Waals surface area (Å²) in [5, 5.41) is 3.36. The van der Waals surface area contributed by atoms with Crippen LogP contribution < -0.4 is 10.1 Å². The summed E-state index contributed by atoms with van der Waals surface area (Å²) in [4.78, 5) is 4.20. The van der Waals surface area contributed by atoms with E-state index in [1.807, 2.05) is 12.1 Å². The first-order valence-electron chi connectivity index (χ1n) is 5.91. The molecule has 1 atom stereocenters. The molecule has 0 spiro atoms. The number of aromatic nitrogens is 1. The molecule has 16 heavy (non-hydrogen) atoms. The van der Waals surface area contributed by atoms with Crippen LogP contribution in [0.5, 0.6) is 5.88 Å². The summed E-state index contributed by atoms with van der Waals surface area (Å²) in [5.74, 6) is 1.33. The van der Waals surface area contributed by atoms with Gasteiger partial charge in [0, 0.05) is 12.3 Å². The Morgan fingerprint density at radius 3 is 2.94 bits per heavy atom. The summed E-state index contributed by atoms with van der Waals surface area (Å²) in [6.07, 6.45) is 4.35. The lowest BCUT2D eigenvalue weighted by atomic mass is 9.93. The minimum absolute atomic E-state index is 0.233. The first-order valence-corrected chi connectivity index (χ1v) is 5.91. The zero-order valence-electron chi connectivity index (χ0n) is 9.78. The first-order chi connectivity index (χ1) is 7.75. The van der Waals surface area contributed by atoms with E-state index in [9.17, 15) is 0 Å². The van der Waals surface area contributed by atoms with E-state index in [-0.39, 0.29) is 6.10 Å². The molecule has 1 fully saturated rings. The molecule has 0 aliphatic carbocycles. The van der Waals surface area contributed by atoms with Gasteiger partial charge in [-0.15, -0.1) is 0 Å². The van der Waals surface area contributed by atoms with Gasteiger partial charge in [0.1, 0.15) is 6.10 Å². The third-order valence-corrected chi connectivity index (χ3v) is 3.15. The molecule has 2 heterocycles. The molecular weight excluding hydrogens is 200 g/mol. The zero-order chi connectivity index (χ0) is 11.4. The molecule has 0 amide bonds. The normalized spacial score (nSPS) is 19.4. The van der Waals surface area contributed by atoms with E-state index in [1.165, 1.54) is 12.8 Å². The van der Waals surface area contributed by atoms with Crippen molar-refractivity contribution in [3.05, 3.63) is 30.8 Å². The van der Waals surface area contributed by atoms with Crippen molar-refractivity contribution in [2.24, 2.45) is 5.92 Å². The number of nitrogens with zero attached hydrogens (tertiary/aromatic N) is 1. The lowest BCUT2D eigenvalue weighted by Gasteiger charge is -2.28. The molecule has 1 N–H and O–H groups in total. The molecule has 1 aromatic rings. The number of pyridine rings is 1. The highest BCUT2D eigenvalue weighted by Gasteiger charge is 2.21. The van der Waals surface area contributed by atoms with Crippen LogP contribution in [0.25, 0.3) is 0 Å². The fraction of sp³-hybridized carbons (Fsp3) is 0.538. The van der Waals surface area contributed by atoms with E-state index in [1.54, 1.807) is 6.20 Å². The average molecular weight is 219 g/mol. The van der Waals surface area contributed by atoms with Gasteiger partial charge in [-0.25, -0.2) is 4.98 Å². The Morgan fingerprint density at radius 2 is 2.25 bits per heavy atom. The molecule has 87 valence electrons. The van der Waals surface area contributed by atoms with Gasteiger partial charge in [0.25, 0.3) is 0 Å². The number of ether oxygens (including phenoxy) is 1. The van der Waals surface area contributed by atoms with Crippen LogP contribution in [-0.2, 0) is 0 Å². The summed E-state index contributed by atoms with van der Waals surface area (Å²) < 4.78 is 5.86. The van der Waals surface area contributed by atoms with Crippen LogP contribution in [0, 0.1) is 12.8 Å². The molecule has 1 unspecified atom stereocenters. The second kappa shape index (κ2) is 5.30. The van der Waals surface area contributed by atoms with E-state index in [0.717, 1.165) is 18.7 Å². The maximum atomic E-state index is 5.86. The third-order valence-electron chi connectivity index (χ3n) is 3.15.